The Morgan fingerprint density at radius 2 is 1.68 bits per heavy atom. The number of nitrogens with one attached hydrogen (secondary N) is 1. The van der Waals surface area contributed by atoms with Gasteiger partial charge >= 0.3 is 0 Å². The molecule has 0 bridgehead atoms. The van der Waals surface area contributed by atoms with Gasteiger partial charge in [0.25, 0.3) is 10.0 Å². The minimum Gasteiger partial charge on any atom is -0.508 e. The fourth-order valence-electron chi connectivity index (χ4n) is 4.78. The molecule has 3 atom stereocenters. The lowest BCUT2D eigenvalue weighted by molar-refractivity contribution is -0.245. The Labute approximate surface area is 258 Å². The SMILES string of the molecule is O=S(=O)(Nc1cccc([C@H]2O[C@@H](CSc3nnnn3-c3ccc(O)cc3)C[C@@H](c3ccc(CO)cc3)O2)c1)c1ccccc1. The van der Waals surface area contributed by atoms with E-state index in [4.69, 9.17) is 9.47 Å². The smallest absolute Gasteiger partial charge is 0.261 e. The van der Waals surface area contributed by atoms with Crippen LogP contribution in [0.15, 0.2) is 113 Å². The Kier molecular flexibility index (Phi) is 8.91. The molecule has 4 aromatic carbocycles. The minimum atomic E-state index is -3.79. The predicted octanol–water partition coefficient (Wildman–Crippen LogP) is 5.00. The number of anilines is 1. The molecule has 5 aromatic rings. The lowest BCUT2D eigenvalue weighted by atomic mass is 10.0. The van der Waals surface area contributed by atoms with Crippen LogP contribution in [0.25, 0.3) is 5.69 Å². The molecule has 0 radical (unpaired) electrons. The zero-order chi connectivity index (χ0) is 30.5. The van der Waals surface area contributed by atoms with Crippen LogP contribution in [-0.2, 0) is 26.1 Å². The summed E-state index contributed by atoms with van der Waals surface area (Å²) in [5.41, 5.74) is 3.47. The first-order valence-corrected chi connectivity index (χ1v) is 16.2. The van der Waals surface area contributed by atoms with Gasteiger partial charge in [-0.05, 0) is 70.1 Å². The van der Waals surface area contributed by atoms with E-state index in [2.05, 4.69) is 20.2 Å². The summed E-state index contributed by atoms with van der Waals surface area (Å²) in [5.74, 6) is 0.650. The second-order valence-electron chi connectivity index (χ2n) is 10.1. The van der Waals surface area contributed by atoms with Gasteiger partial charge in [0.15, 0.2) is 6.29 Å². The number of rotatable bonds is 10. The van der Waals surface area contributed by atoms with Gasteiger partial charge in [-0.15, -0.1) is 5.10 Å². The van der Waals surface area contributed by atoms with Crippen LogP contribution in [-0.4, -0.2) is 50.7 Å². The fraction of sp³-hybridized carbons (Fsp3) is 0.194. The lowest BCUT2D eigenvalue weighted by Gasteiger charge is -2.36. The number of ether oxygens (including phenoxy) is 2. The number of aromatic hydroxyl groups is 1. The van der Waals surface area contributed by atoms with E-state index in [-0.39, 0.29) is 29.5 Å². The van der Waals surface area contributed by atoms with Crippen LogP contribution >= 0.6 is 11.8 Å². The van der Waals surface area contributed by atoms with Crippen molar-refractivity contribution < 1.29 is 28.1 Å². The number of phenols is 1. The highest BCUT2D eigenvalue weighted by atomic mass is 32.2. The van der Waals surface area contributed by atoms with Crippen molar-refractivity contribution >= 4 is 27.5 Å². The zero-order valence-corrected chi connectivity index (χ0v) is 24.9. The second-order valence-corrected chi connectivity index (χ2v) is 12.8. The molecular formula is C31H29N5O6S2. The van der Waals surface area contributed by atoms with Crippen LogP contribution in [0.4, 0.5) is 5.69 Å². The summed E-state index contributed by atoms with van der Waals surface area (Å²) >= 11 is 1.43. The highest BCUT2D eigenvalue weighted by Crippen LogP contribution is 2.40. The number of hydrogen-bond donors (Lipinski definition) is 3. The van der Waals surface area contributed by atoms with Crippen molar-refractivity contribution in [1.29, 1.82) is 0 Å². The van der Waals surface area contributed by atoms with Gasteiger partial charge < -0.3 is 19.7 Å². The van der Waals surface area contributed by atoms with Gasteiger partial charge in [-0.3, -0.25) is 4.72 Å². The molecule has 0 unspecified atom stereocenters. The highest BCUT2D eigenvalue weighted by molar-refractivity contribution is 7.99. The number of benzene rings is 4. The van der Waals surface area contributed by atoms with Crippen molar-refractivity contribution in [3.63, 3.8) is 0 Å². The van der Waals surface area contributed by atoms with E-state index in [1.165, 1.54) is 23.9 Å². The molecular weight excluding hydrogens is 603 g/mol. The van der Waals surface area contributed by atoms with Crippen LogP contribution in [0, 0.1) is 0 Å². The van der Waals surface area contributed by atoms with E-state index in [9.17, 15) is 18.6 Å². The number of aliphatic hydroxyl groups is 1. The molecule has 0 saturated carbocycles. The maximum absolute atomic E-state index is 13.0. The molecule has 1 aliphatic heterocycles. The molecule has 0 amide bonds. The Balaban J connectivity index is 1.23. The predicted molar refractivity (Wildman–Crippen MR) is 164 cm³/mol. The molecule has 1 saturated heterocycles. The van der Waals surface area contributed by atoms with Crippen LogP contribution in [0.1, 0.15) is 35.5 Å². The number of sulfonamides is 1. The number of thioether (sulfide) groups is 1. The van der Waals surface area contributed by atoms with E-state index in [1.807, 2.05) is 30.3 Å². The largest absolute Gasteiger partial charge is 0.508 e. The van der Waals surface area contributed by atoms with Crippen LogP contribution < -0.4 is 4.72 Å². The van der Waals surface area contributed by atoms with Crippen LogP contribution in [0.2, 0.25) is 0 Å². The number of aliphatic hydroxyl groups excluding tert-OH is 1. The number of tetrazole rings is 1. The van der Waals surface area contributed by atoms with Crippen molar-refractivity contribution in [2.45, 2.75) is 41.6 Å². The molecule has 2 heterocycles. The molecule has 13 heteroatoms. The molecule has 1 aliphatic rings. The van der Waals surface area contributed by atoms with Gasteiger partial charge in [0.05, 0.1) is 29.4 Å². The maximum atomic E-state index is 13.0. The molecule has 1 aromatic heterocycles. The Morgan fingerprint density at radius 1 is 0.909 bits per heavy atom. The van der Waals surface area contributed by atoms with Crippen molar-refractivity contribution in [1.82, 2.24) is 20.2 Å². The van der Waals surface area contributed by atoms with Crippen molar-refractivity contribution in [2.24, 2.45) is 0 Å². The third kappa shape index (κ3) is 6.93. The van der Waals surface area contributed by atoms with E-state index in [0.29, 0.717) is 34.3 Å². The van der Waals surface area contributed by atoms with Gasteiger partial charge in [-0.1, -0.05) is 66.4 Å². The molecule has 0 aliphatic carbocycles. The molecule has 226 valence electrons. The Hall–Kier alpha value is -4.27. The van der Waals surface area contributed by atoms with E-state index in [1.54, 1.807) is 65.3 Å². The van der Waals surface area contributed by atoms with E-state index in [0.717, 1.165) is 11.1 Å². The van der Waals surface area contributed by atoms with Gasteiger partial charge in [0.1, 0.15) is 5.75 Å². The maximum Gasteiger partial charge on any atom is 0.261 e. The standard InChI is InChI=1S/C31H29N5O6S2/c37-19-21-9-11-22(12-10-21)29-18-27(20-43-31-32-34-35-36(31)25-13-15-26(38)16-14-25)41-30(42-29)23-5-4-6-24(17-23)33-44(39,40)28-7-2-1-3-8-28/h1-17,27,29-30,33,37-38H,18-20H2/t27-,29+,30+/m1/s1. The number of nitrogens with zero attached hydrogens (tertiary/aromatic N) is 4. The average molecular weight is 632 g/mol. The normalized spacial score (nSPS) is 18.6. The molecule has 11 nitrogen and oxygen atoms in total. The first kappa shape index (κ1) is 29.8. The first-order chi connectivity index (χ1) is 21.4. The summed E-state index contributed by atoms with van der Waals surface area (Å²) in [7, 11) is -3.79. The van der Waals surface area contributed by atoms with Gasteiger partial charge in [0, 0.05) is 23.4 Å². The number of phenolic OH excluding ortho intramolecular Hbond substituents is 1. The number of aromatic nitrogens is 4. The van der Waals surface area contributed by atoms with Gasteiger partial charge in [-0.2, -0.15) is 4.68 Å². The molecule has 44 heavy (non-hydrogen) atoms. The summed E-state index contributed by atoms with van der Waals surface area (Å²) in [4.78, 5) is 0.161. The average Bonchev–Trinajstić information content (AvgIpc) is 3.53. The fourth-order valence-corrected chi connectivity index (χ4v) is 6.76. The van der Waals surface area contributed by atoms with Crippen molar-refractivity contribution in [2.75, 3.05) is 10.5 Å². The minimum absolute atomic E-state index is 0.0573. The molecule has 3 N–H and O–H groups in total. The summed E-state index contributed by atoms with van der Waals surface area (Å²) in [6.07, 6.45) is -0.852. The lowest BCUT2D eigenvalue weighted by Crippen LogP contribution is -2.31. The summed E-state index contributed by atoms with van der Waals surface area (Å²) < 4.78 is 43.0. The summed E-state index contributed by atoms with van der Waals surface area (Å²) in [6, 6.07) is 29.3. The quantitative estimate of drug-likeness (QED) is 0.180. The summed E-state index contributed by atoms with van der Waals surface area (Å²) in [6.45, 7) is -0.0573. The van der Waals surface area contributed by atoms with Gasteiger partial charge in [0.2, 0.25) is 5.16 Å². The topological polar surface area (TPSA) is 149 Å². The van der Waals surface area contributed by atoms with Crippen molar-refractivity contribution in [3.05, 3.63) is 120 Å². The molecule has 1 fully saturated rings. The van der Waals surface area contributed by atoms with Crippen LogP contribution in [0.3, 0.4) is 0 Å². The third-order valence-corrected chi connectivity index (χ3v) is 9.46. The number of hydrogen-bond acceptors (Lipinski definition) is 10. The zero-order valence-electron chi connectivity index (χ0n) is 23.3. The Morgan fingerprint density at radius 3 is 2.43 bits per heavy atom. The van der Waals surface area contributed by atoms with Crippen molar-refractivity contribution in [3.8, 4) is 11.4 Å². The second kappa shape index (κ2) is 13.2. The summed E-state index contributed by atoms with van der Waals surface area (Å²) in [5, 5.41) is 31.8. The first-order valence-electron chi connectivity index (χ1n) is 13.8. The highest BCUT2D eigenvalue weighted by Gasteiger charge is 2.33. The third-order valence-electron chi connectivity index (χ3n) is 7.01. The molecule has 0 spiro atoms. The Bertz CT molecular complexity index is 1800. The van der Waals surface area contributed by atoms with E-state index < -0.39 is 16.3 Å². The van der Waals surface area contributed by atoms with E-state index >= 15 is 0 Å². The van der Waals surface area contributed by atoms with Gasteiger partial charge in [-0.25, -0.2) is 8.42 Å². The molecule has 6 rings (SSSR count). The van der Waals surface area contributed by atoms with Crippen LogP contribution in [0.5, 0.6) is 5.75 Å². The monoisotopic (exact) mass is 631 g/mol.